The van der Waals surface area contributed by atoms with Crippen LogP contribution in [-0.2, 0) is 4.79 Å². The van der Waals surface area contributed by atoms with Gasteiger partial charge in [0.25, 0.3) is 5.91 Å². The molecule has 8 heteroatoms. The summed E-state index contributed by atoms with van der Waals surface area (Å²) < 4.78 is 18.4. The molecule has 3 rings (SSSR count). The summed E-state index contributed by atoms with van der Waals surface area (Å²) in [4.78, 5) is 28.2. The molecule has 0 aliphatic heterocycles. The highest BCUT2D eigenvalue weighted by atomic mass is 32.1. The number of rotatable bonds is 6. The minimum absolute atomic E-state index is 0.00253. The van der Waals surface area contributed by atoms with E-state index < -0.39 is 11.7 Å². The molecule has 2 N–H and O–H groups in total. The molecule has 0 aliphatic carbocycles. The third-order valence-corrected chi connectivity index (χ3v) is 4.68. The molecule has 144 valence electrons. The number of nitrogens with zero attached hydrogens (tertiary/aromatic N) is 1. The smallest absolute Gasteiger partial charge is 0.257 e. The first-order chi connectivity index (χ1) is 13.5. The fourth-order valence-corrected chi connectivity index (χ4v) is 3.12. The van der Waals surface area contributed by atoms with E-state index in [0.29, 0.717) is 22.9 Å². The van der Waals surface area contributed by atoms with Gasteiger partial charge in [-0.25, -0.2) is 9.37 Å². The summed E-state index contributed by atoms with van der Waals surface area (Å²) in [6.07, 6.45) is 0.414. The quantitative estimate of drug-likeness (QED) is 0.637. The Balaban J connectivity index is 1.70. The number of anilines is 2. The molecule has 0 aliphatic rings. The van der Waals surface area contributed by atoms with Gasteiger partial charge in [-0.3, -0.25) is 14.9 Å². The zero-order chi connectivity index (χ0) is 20.1. The van der Waals surface area contributed by atoms with Crippen molar-refractivity contribution in [3.05, 3.63) is 59.2 Å². The summed E-state index contributed by atoms with van der Waals surface area (Å²) in [6.45, 7) is 1.79. The van der Waals surface area contributed by atoms with Crippen LogP contribution < -0.4 is 15.4 Å². The van der Waals surface area contributed by atoms with Gasteiger partial charge in [0.05, 0.1) is 12.8 Å². The first-order valence-electron chi connectivity index (χ1n) is 8.51. The Kier molecular flexibility index (Phi) is 6.00. The van der Waals surface area contributed by atoms with Crippen molar-refractivity contribution in [1.29, 1.82) is 0 Å². The highest BCUT2D eigenvalue weighted by Crippen LogP contribution is 2.27. The van der Waals surface area contributed by atoms with Gasteiger partial charge in [0.15, 0.2) is 16.7 Å². The maximum absolute atomic E-state index is 13.5. The predicted molar refractivity (Wildman–Crippen MR) is 107 cm³/mol. The first kappa shape index (κ1) is 19.5. The average molecular weight is 399 g/mol. The molecule has 1 heterocycles. The van der Waals surface area contributed by atoms with E-state index in [4.69, 9.17) is 4.74 Å². The monoisotopic (exact) mass is 399 g/mol. The zero-order valence-electron chi connectivity index (χ0n) is 15.3. The second kappa shape index (κ2) is 8.62. The number of hydrogen-bond acceptors (Lipinski definition) is 5. The zero-order valence-corrected chi connectivity index (χ0v) is 16.1. The number of aromatic nitrogens is 1. The molecule has 2 amide bonds. The van der Waals surface area contributed by atoms with Crippen LogP contribution in [0.15, 0.2) is 47.8 Å². The standard InChI is InChI=1S/C20H18FN3O3S/c1-3-18(25)22-14-7-4-12(5-8-14)16-11-28-20(23-16)24-19(26)13-6-9-15(21)17(10-13)27-2/h4-11H,3H2,1-2H3,(H,22,25)(H,23,24,26). The summed E-state index contributed by atoms with van der Waals surface area (Å²) in [5.41, 5.74) is 2.54. The van der Waals surface area contributed by atoms with Gasteiger partial charge < -0.3 is 10.1 Å². The van der Waals surface area contributed by atoms with E-state index in [2.05, 4.69) is 15.6 Å². The average Bonchev–Trinajstić information content (AvgIpc) is 3.17. The maximum atomic E-state index is 13.5. The lowest BCUT2D eigenvalue weighted by Crippen LogP contribution is -2.12. The summed E-state index contributed by atoms with van der Waals surface area (Å²) >= 11 is 1.28. The number of carbonyl (C=O) groups excluding carboxylic acids is 2. The highest BCUT2D eigenvalue weighted by Gasteiger charge is 2.13. The second-order valence-corrected chi connectivity index (χ2v) is 6.68. The van der Waals surface area contributed by atoms with Crippen LogP contribution in [0.25, 0.3) is 11.3 Å². The van der Waals surface area contributed by atoms with Crippen molar-refractivity contribution >= 4 is 34.0 Å². The largest absolute Gasteiger partial charge is 0.494 e. The van der Waals surface area contributed by atoms with Crippen molar-refractivity contribution in [1.82, 2.24) is 4.98 Å². The Hall–Kier alpha value is -3.26. The number of carbonyl (C=O) groups is 2. The number of thiazole rings is 1. The second-order valence-electron chi connectivity index (χ2n) is 5.82. The molecule has 2 aromatic carbocycles. The lowest BCUT2D eigenvalue weighted by molar-refractivity contribution is -0.115. The van der Waals surface area contributed by atoms with Gasteiger partial charge in [0, 0.05) is 28.6 Å². The normalized spacial score (nSPS) is 10.4. The van der Waals surface area contributed by atoms with Crippen molar-refractivity contribution in [2.24, 2.45) is 0 Å². The van der Waals surface area contributed by atoms with Gasteiger partial charge in [-0.05, 0) is 30.3 Å². The van der Waals surface area contributed by atoms with Gasteiger partial charge in [-0.2, -0.15) is 0 Å². The third-order valence-electron chi connectivity index (χ3n) is 3.92. The van der Waals surface area contributed by atoms with Crippen LogP contribution >= 0.6 is 11.3 Å². The fraction of sp³-hybridized carbons (Fsp3) is 0.150. The Morgan fingerprint density at radius 1 is 1.14 bits per heavy atom. The first-order valence-corrected chi connectivity index (χ1v) is 9.39. The number of nitrogens with one attached hydrogen (secondary N) is 2. The number of hydrogen-bond donors (Lipinski definition) is 2. The molecule has 0 unspecified atom stereocenters. The molecule has 1 aromatic heterocycles. The molecule has 0 saturated carbocycles. The Morgan fingerprint density at radius 3 is 2.57 bits per heavy atom. The number of benzene rings is 2. The van der Waals surface area contributed by atoms with E-state index in [1.807, 2.05) is 17.5 Å². The Bertz CT molecular complexity index is 1000. The van der Waals surface area contributed by atoms with Gasteiger partial charge in [-0.1, -0.05) is 19.1 Å². The topological polar surface area (TPSA) is 80.3 Å². The predicted octanol–water partition coefficient (Wildman–Crippen LogP) is 4.56. The van der Waals surface area contributed by atoms with E-state index in [0.717, 1.165) is 5.56 Å². The molecule has 0 radical (unpaired) electrons. The lowest BCUT2D eigenvalue weighted by atomic mass is 10.1. The number of halogens is 1. The molecule has 0 spiro atoms. The molecular weight excluding hydrogens is 381 g/mol. The van der Waals surface area contributed by atoms with Gasteiger partial charge in [-0.15, -0.1) is 11.3 Å². The minimum atomic E-state index is -0.533. The van der Waals surface area contributed by atoms with Crippen molar-refractivity contribution in [2.75, 3.05) is 17.7 Å². The fourth-order valence-electron chi connectivity index (χ4n) is 2.41. The molecule has 28 heavy (non-hydrogen) atoms. The molecule has 6 nitrogen and oxygen atoms in total. The van der Waals surface area contributed by atoms with Crippen molar-refractivity contribution < 1.29 is 18.7 Å². The van der Waals surface area contributed by atoms with Gasteiger partial charge in [0.1, 0.15) is 0 Å². The van der Waals surface area contributed by atoms with Crippen LogP contribution in [0.4, 0.5) is 15.2 Å². The minimum Gasteiger partial charge on any atom is -0.494 e. The summed E-state index contributed by atoms with van der Waals surface area (Å²) in [5, 5.41) is 7.72. The summed E-state index contributed by atoms with van der Waals surface area (Å²) in [6, 6.07) is 11.2. The number of methoxy groups -OCH3 is 1. The summed E-state index contributed by atoms with van der Waals surface area (Å²) in [7, 11) is 1.34. The van der Waals surface area contributed by atoms with Crippen LogP contribution in [0.5, 0.6) is 5.75 Å². The van der Waals surface area contributed by atoms with E-state index in [9.17, 15) is 14.0 Å². The SMILES string of the molecule is CCC(=O)Nc1ccc(-c2csc(NC(=O)c3ccc(F)c(OC)c3)n2)cc1. The number of amides is 2. The number of ether oxygens (including phenoxy) is 1. The van der Waals surface area contributed by atoms with E-state index >= 15 is 0 Å². The van der Waals surface area contributed by atoms with E-state index in [1.165, 1.54) is 36.6 Å². The maximum Gasteiger partial charge on any atom is 0.257 e. The van der Waals surface area contributed by atoms with Crippen molar-refractivity contribution in [3.8, 4) is 17.0 Å². The highest BCUT2D eigenvalue weighted by molar-refractivity contribution is 7.14. The van der Waals surface area contributed by atoms with Crippen LogP contribution in [0.1, 0.15) is 23.7 Å². The molecule has 0 atom stereocenters. The molecule has 0 saturated heterocycles. The van der Waals surface area contributed by atoms with Crippen LogP contribution in [0, 0.1) is 5.82 Å². The Morgan fingerprint density at radius 2 is 1.89 bits per heavy atom. The van der Waals surface area contributed by atoms with E-state index in [1.54, 1.807) is 19.1 Å². The van der Waals surface area contributed by atoms with Crippen molar-refractivity contribution in [2.45, 2.75) is 13.3 Å². The van der Waals surface area contributed by atoms with Crippen LogP contribution in [-0.4, -0.2) is 23.9 Å². The molecule has 3 aromatic rings. The summed E-state index contributed by atoms with van der Waals surface area (Å²) in [5.74, 6) is -0.988. The molecule has 0 fully saturated rings. The van der Waals surface area contributed by atoms with Gasteiger partial charge in [0.2, 0.25) is 5.91 Å². The molecular formula is C20H18FN3O3S. The van der Waals surface area contributed by atoms with E-state index in [-0.39, 0.29) is 17.2 Å². The molecule has 0 bridgehead atoms. The van der Waals surface area contributed by atoms with Gasteiger partial charge >= 0.3 is 0 Å². The third kappa shape index (κ3) is 4.52. The van der Waals surface area contributed by atoms with Crippen molar-refractivity contribution in [3.63, 3.8) is 0 Å². The van der Waals surface area contributed by atoms with Crippen LogP contribution in [0.3, 0.4) is 0 Å². The lowest BCUT2D eigenvalue weighted by Gasteiger charge is -2.05. The van der Waals surface area contributed by atoms with Crippen LogP contribution in [0.2, 0.25) is 0 Å². The Labute approximate surface area is 165 Å².